The van der Waals surface area contributed by atoms with Crippen molar-refractivity contribution in [1.82, 2.24) is 29.9 Å². The molecule has 0 aliphatic carbocycles. The fraction of sp³-hybridized carbons (Fsp3) is 0.294. The van der Waals surface area contributed by atoms with E-state index in [-0.39, 0.29) is 6.04 Å². The molecule has 1 aliphatic heterocycles. The van der Waals surface area contributed by atoms with Crippen LogP contribution in [0.5, 0.6) is 0 Å². The van der Waals surface area contributed by atoms with Crippen molar-refractivity contribution in [2.24, 2.45) is 0 Å². The first-order valence-electron chi connectivity index (χ1n) is 8.30. The van der Waals surface area contributed by atoms with Crippen molar-refractivity contribution in [1.29, 1.82) is 0 Å². The van der Waals surface area contributed by atoms with Gasteiger partial charge in [0.05, 0.1) is 17.9 Å². The molecule has 4 heterocycles. The van der Waals surface area contributed by atoms with Crippen LogP contribution in [-0.2, 0) is 0 Å². The van der Waals surface area contributed by atoms with Gasteiger partial charge in [-0.25, -0.2) is 24.9 Å². The maximum atomic E-state index is 4.68. The zero-order valence-electron chi connectivity index (χ0n) is 13.7. The van der Waals surface area contributed by atoms with Gasteiger partial charge in [-0.05, 0) is 31.4 Å². The number of rotatable bonds is 4. The van der Waals surface area contributed by atoms with Crippen LogP contribution in [0.3, 0.4) is 0 Å². The lowest BCUT2D eigenvalue weighted by atomic mass is 9.99. The molecule has 8 nitrogen and oxygen atoms in total. The van der Waals surface area contributed by atoms with Crippen LogP contribution < -0.4 is 10.2 Å². The Balaban J connectivity index is 1.60. The summed E-state index contributed by atoms with van der Waals surface area (Å²) in [6, 6.07) is 3.92. The molecule has 0 radical (unpaired) electrons. The molecule has 1 saturated heterocycles. The van der Waals surface area contributed by atoms with Gasteiger partial charge >= 0.3 is 0 Å². The zero-order valence-corrected chi connectivity index (χ0v) is 13.7. The molecule has 1 aliphatic rings. The van der Waals surface area contributed by atoms with Crippen molar-refractivity contribution in [3.8, 4) is 0 Å². The Kier molecular flexibility index (Phi) is 4.40. The van der Waals surface area contributed by atoms with E-state index in [1.165, 1.54) is 0 Å². The second-order valence-electron chi connectivity index (χ2n) is 5.77. The summed E-state index contributed by atoms with van der Waals surface area (Å²) in [4.78, 5) is 28.2. The molecule has 126 valence electrons. The van der Waals surface area contributed by atoms with Crippen LogP contribution in [0.25, 0.3) is 0 Å². The Morgan fingerprint density at radius 2 is 1.88 bits per heavy atom. The second-order valence-corrected chi connectivity index (χ2v) is 5.77. The summed E-state index contributed by atoms with van der Waals surface area (Å²) in [5, 5.41) is 3.09. The molecular formula is C17H18N8. The largest absolute Gasteiger partial charge is 0.332 e. The third-order valence-electron chi connectivity index (χ3n) is 4.13. The number of hydrogen-bond donors (Lipinski definition) is 1. The predicted molar refractivity (Wildman–Crippen MR) is 93.3 cm³/mol. The van der Waals surface area contributed by atoms with Crippen molar-refractivity contribution in [3.63, 3.8) is 0 Å². The SMILES string of the molecule is c1cnc(N2CCCC[C@H]2c2ccnc(Nc3cnccn3)n2)nc1. The third kappa shape index (κ3) is 3.52. The second kappa shape index (κ2) is 7.16. The third-order valence-corrected chi connectivity index (χ3v) is 4.13. The number of nitrogens with one attached hydrogen (secondary N) is 1. The normalized spacial score (nSPS) is 17.3. The van der Waals surface area contributed by atoms with E-state index >= 15 is 0 Å². The minimum absolute atomic E-state index is 0.140. The fourth-order valence-corrected chi connectivity index (χ4v) is 3.01. The van der Waals surface area contributed by atoms with Crippen LogP contribution in [0.1, 0.15) is 31.0 Å². The Bertz CT molecular complexity index is 811. The fourth-order valence-electron chi connectivity index (χ4n) is 3.01. The van der Waals surface area contributed by atoms with Crippen molar-refractivity contribution in [2.75, 3.05) is 16.8 Å². The number of hydrogen-bond acceptors (Lipinski definition) is 8. The lowest BCUT2D eigenvalue weighted by molar-refractivity contribution is 0.457. The summed E-state index contributed by atoms with van der Waals surface area (Å²) in [7, 11) is 0. The average Bonchev–Trinajstić information content (AvgIpc) is 2.70. The minimum Gasteiger partial charge on any atom is -0.332 e. The topological polar surface area (TPSA) is 92.6 Å². The van der Waals surface area contributed by atoms with Crippen LogP contribution >= 0.6 is 0 Å². The number of anilines is 3. The predicted octanol–water partition coefficient (Wildman–Crippen LogP) is 2.53. The molecule has 0 aromatic carbocycles. The van der Waals surface area contributed by atoms with Gasteiger partial charge in [0, 0.05) is 37.5 Å². The first-order chi connectivity index (χ1) is 12.4. The first-order valence-corrected chi connectivity index (χ1v) is 8.30. The highest BCUT2D eigenvalue weighted by molar-refractivity contribution is 5.46. The highest BCUT2D eigenvalue weighted by Gasteiger charge is 2.27. The molecule has 4 rings (SSSR count). The maximum absolute atomic E-state index is 4.68. The molecule has 0 spiro atoms. The molecule has 0 saturated carbocycles. The average molecular weight is 334 g/mol. The molecule has 0 amide bonds. The van der Waals surface area contributed by atoms with Gasteiger partial charge in [0.25, 0.3) is 0 Å². The molecule has 8 heteroatoms. The maximum Gasteiger partial charge on any atom is 0.228 e. The summed E-state index contributed by atoms with van der Waals surface area (Å²) in [6.07, 6.45) is 13.5. The van der Waals surface area contributed by atoms with E-state index in [0.717, 1.165) is 37.4 Å². The first kappa shape index (κ1) is 15.4. The van der Waals surface area contributed by atoms with Crippen molar-refractivity contribution < 1.29 is 0 Å². The van der Waals surface area contributed by atoms with Crippen molar-refractivity contribution in [2.45, 2.75) is 25.3 Å². The summed E-state index contributed by atoms with van der Waals surface area (Å²) >= 11 is 0. The van der Waals surface area contributed by atoms with Crippen LogP contribution in [0, 0.1) is 0 Å². The Morgan fingerprint density at radius 1 is 0.960 bits per heavy atom. The monoisotopic (exact) mass is 334 g/mol. The highest BCUT2D eigenvalue weighted by atomic mass is 15.3. The van der Waals surface area contributed by atoms with Crippen molar-refractivity contribution in [3.05, 3.63) is 55.0 Å². The van der Waals surface area contributed by atoms with Gasteiger partial charge < -0.3 is 10.2 Å². The van der Waals surface area contributed by atoms with E-state index in [1.807, 2.05) is 12.1 Å². The molecule has 1 atom stereocenters. The smallest absolute Gasteiger partial charge is 0.228 e. The molecule has 3 aromatic heterocycles. The molecular weight excluding hydrogens is 316 g/mol. The van der Waals surface area contributed by atoms with Gasteiger partial charge in [-0.15, -0.1) is 0 Å². The summed E-state index contributed by atoms with van der Waals surface area (Å²) < 4.78 is 0. The molecule has 0 bridgehead atoms. The minimum atomic E-state index is 0.140. The molecule has 25 heavy (non-hydrogen) atoms. The lowest BCUT2D eigenvalue weighted by Gasteiger charge is -2.35. The van der Waals surface area contributed by atoms with E-state index in [9.17, 15) is 0 Å². The van der Waals surface area contributed by atoms with E-state index in [2.05, 4.69) is 40.1 Å². The van der Waals surface area contributed by atoms with Gasteiger partial charge in [0.1, 0.15) is 0 Å². The van der Waals surface area contributed by atoms with Gasteiger partial charge in [-0.2, -0.15) is 0 Å². The van der Waals surface area contributed by atoms with Gasteiger partial charge in [-0.3, -0.25) is 4.98 Å². The number of aromatic nitrogens is 6. The molecule has 1 N–H and O–H groups in total. The summed E-state index contributed by atoms with van der Waals surface area (Å²) in [5.74, 6) is 1.87. The van der Waals surface area contributed by atoms with Crippen LogP contribution in [0.4, 0.5) is 17.7 Å². The Hall–Kier alpha value is -3.16. The molecule has 0 unspecified atom stereocenters. The van der Waals surface area contributed by atoms with Gasteiger partial charge in [0.2, 0.25) is 11.9 Å². The van der Waals surface area contributed by atoms with E-state index in [4.69, 9.17) is 0 Å². The van der Waals surface area contributed by atoms with Crippen molar-refractivity contribution >= 4 is 17.7 Å². The zero-order chi connectivity index (χ0) is 16.9. The van der Waals surface area contributed by atoms with Crippen LogP contribution in [0.15, 0.2) is 49.3 Å². The van der Waals surface area contributed by atoms with Crippen LogP contribution in [-0.4, -0.2) is 36.4 Å². The molecule has 3 aromatic rings. The quantitative estimate of drug-likeness (QED) is 0.778. The lowest BCUT2D eigenvalue weighted by Crippen LogP contribution is -2.35. The van der Waals surface area contributed by atoms with E-state index < -0.39 is 0 Å². The Labute approximate surface area is 145 Å². The highest BCUT2D eigenvalue weighted by Crippen LogP contribution is 2.32. The number of piperidine rings is 1. The summed E-state index contributed by atoms with van der Waals surface area (Å²) in [5.41, 5.74) is 0.952. The summed E-state index contributed by atoms with van der Waals surface area (Å²) in [6.45, 7) is 0.922. The van der Waals surface area contributed by atoms with E-state index in [1.54, 1.807) is 37.2 Å². The Morgan fingerprint density at radius 3 is 2.72 bits per heavy atom. The standard InChI is InChI=1S/C17H18N8/c1-2-11-25(17-21-6-3-7-22-17)14(4-1)13-5-8-20-16(23-13)24-15-12-18-9-10-19-15/h3,5-10,12,14H,1-2,4,11H2,(H,19,20,23,24)/t14-/m0/s1. The van der Waals surface area contributed by atoms with Crippen LogP contribution in [0.2, 0.25) is 0 Å². The van der Waals surface area contributed by atoms with Gasteiger partial charge in [0.15, 0.2) is 5.82 Å². The van der Waals surface area contributed by atoms with E-state index in [0.29, 0.717) is 11.8 Å². The molecule has 1 fully saturated rings. The number of nitrogens with zero attached hydrogens (tertiary/aromatic N) is 7. The van der Waals surface area contributed by atoms with Gasteiger partial charge in [-0.1, -0.05) is 0 Å².